The molecule has 0 saturated carbocycles. The van der Waals surface area contributed by atoms with E-state index < -0.39 is 0 Å². The third-order valence-electron chi connectivity index (χ3n) is 4.03. The fourth-order valence-electron chi connectivity index (χ4n) is 2.80. The van der Waals surface area contributed by atoms with Crippen LogP contribution in [0.5, 0.6) is 5.75 Å². The number of aromatic nitrogens is 1. The van der Waals surface area contributed by atoms with Gasteiger partial charge >= 0.3 is 0 Å². The number of benzene rings is 2. The summed E-state index contributed by atoms with van der Waals surface area (Å²) >= 11 is 0. The molecule has 28 heavy (non-hydrogen) atoms. The first-order chi connectivity index (χ1) is 13.7. The lowest BCUT2D eigenvalue weighted by Gasteiger charge is -2.11. The zero-order valence-electron chi connectivity index (χ0n) is 15.8. The van der Waals surface area contributed by atoms with Gasteiger partial charge in [-0.05, 0) is 36.2 Å². The highest BCUT2D eigenvalue weighted by atomic mass is 16.5. The molecule has 0 bridgehead atoms. The van der Waals surface area contributed by atoms with E-state index >= 15 is 0 Å². The number of nitrogens with one attached hydrogen (secondary N) is 2. The van der Waals surface area contributed by atoms with E-state index in [1.54, 1.807) is 19.4 Å². The molecule has 7 nitrogen and oxygen atoms in total. The summed E-state index contributed by atoms with van der Waals surface area (Å²) in [7, 11) is 1.58. The smallest absolute Gasteiger partial charge is 0.214 e. The molecule has 0 radical (unpaired) electrons. The monoisotopic (exact) mass is 375 g/mol. The van der Waals surface area contributed by atoms with Crippen molar-refractivity contribution in [3.8, 4) is 23.3 Å². The predicted octanol–water partition coefficient (Wildman–Crippen LogP) is 4.47. The van der Waals surface area contributed by atoms with Crippen LogP contribution in [0.1, 0.15) is 18.9 Å². The van der Waals surface area contributed by atoms with E-state index in [2.05, 4.69) is 33.6 Å². The van der Waals surface area contributed by atoms with Crippen LogP contribution in [-0.4, -0.2) is 18.1 Å². The number of rotatable bonds is 6. The van der Waals surface area contributed by atoms with Crippen molar-refractivity contribution in [1.82, 2.24) is 10.3 Å². The molecule has 0 fully saturated rings. The third kappa shape index (κ3) is 4.68. The van der Waals surface area contributed by atoms with Gasteiger partial charge in [-0.3, -0.25) is 5.32 Å². The maximum atomic E-state index is 9.08. The Morgan fingerprint density at radius 2 is 2.18 bits per heavy atom. The van der Waals surface area contributed by atoms with E-state index in [4.69, 9.17) is 14.4 Å². The Bertz CT molecular complexity index is 990. The number of guanidine groups is 1. The first-order valence-corrected chi connectivity index (χ1v) is 8.90. The van der Waals surface area contributed by atoms with E-state index in [1.165, 1.54) is 12.0 Å². The predicted molar refractivity (Wildman–Crippen MR) is 108 cm³/mol. The summed E-state index contributed by atoms with van der Waals surface area (Å²) in [5, 5.41) is 14.8. The largest absolute Gasteiger partial charge is 0.496 e. The van der Waals surface area contributed by atoms with Crippen molar-refractivity contribution in [3.05, 3.63) is 60.6 Å². The number of hydrogen-bond donors (Lipinski definition) is 2. The van der Waals surface area contributed by atoms with Crippen molar-refractivity contribution in [2.24, 2.45) is 4.99 Å². The Kier molecular flexibility index (Phi) is 6.26. The average molecular weight is 375 g/mol. The topological polar surface area (TPSA) is 95.5 Å². The van der Waals surface area contributed by atoms with Crippen molar-refractivity contribution in [2.45, 2.75) is 19.8 Å². The van der Waals surface area contributed by atoms with Gasteiger partial charge in [-0.2, -0.15) is 5.26 Å². The number of nitrogens with zero attached hydrogens (tertiary/aromatic N) is 3. The Balaban J connectivity index is 1.87. The molecule has 0 saturated heterocycles. The van der Waals surface area contributed by atoms with E-state index in [0.29, 0.717) is 23.2 Å². The first-order valence-electron chi connectivity index (χ1n) is 8.90. The van der Waals surface area contributed by atoms with Crippen LogP contribution in [0.25, 0.3) is 11.3 Å². The Morgan fingerprint density at radius 1 is 1.29 bits per heavy atom. The van der Waals surface area contributed by atoms with Gasteiger partial charge in [0.25, 0.3) is 0 Å². The summed E-state index contributed by atoms with van der Waals surface area (Å²) < 4.78 is 10.8. The van der Waals surface area contributed by atoms with E-state index in [1.807, 2.05) is 36.5 Å². The number of nitriles is 1. The molecule has 0 amide bonds. The molecule has 0 spiro atoms. The highest BCUT2D eigenvalue weighted by Crippen LogP contribution is 2.33. The van der Waals surface area contributed by atoms with Gasteiger partial charge < -0.3 is 14.5 Å². The van der Waals surface area contributed by atoms with Crippen molar-refractivity contribution in [3.63, 3.8) is 0 Å². The van der Waals surface area contributed by atoms with Crippen LogP contribution in [0.4, 0.5) is 11.4 Å². The summed E-state index contributed by atoms with van der Waals surface area (Å²) in [4.78, 5) is 8.43. The van der Waals surface area contributed by atoms with Gasteiger partial charge in [0.2, 0.25) is 5.96 Å². The lowest BCUT2D eigenvalue weighted by molar-refractivity contribution is 0.415. The third-order valence-corrected chi connectivity index (χ3v) is 4.03. The fourth-order valence-corrected chi connectivity index (χ4v) is 2.80. The number of oxazole rings is 1. The van der Waals surface area contributed by atoms with E-state index in [-0.39, 0.29) is 0 Å². The summed E-state index contributed by atoms with van der Waals surface area (Å²) in [6.45, 7) is 2.14. The fraction of sp³-hybridized carbons (Fsp3) is 0.190. The Hall–Kier alpha value is -3.79. The maximum absolute atomic E-state index is 9.08. The molecule has 0 aliphatic carbocycles. The second-order valence-corrected chi connectivity index (χ2v) is 6.02. The molecule has 2 aromatic carbocycles. The van der Waals surface area contributed by atoms with Gasteiger partial charge in [0.05, 0.1) is 24.6 Å². The molecule has 3 rings (SSSR count). The zero-order valence-corrected chi connectivity index (χ0v) is 15.8. The molecular formula is C21H21N5O2. The van der Waals surface area contributed by atoms with Gasteiger partial charge in [0.1, 0.15) is 5.75 Å². The minimum Gasteiger partial charge on any atom is -0.496 e. The molecular weight excluding hydrogens is 354 g/mol. The minimum absolute atomic E-state index is 0.325. The van der Waals surface area contributed by atoms with Crippen LogP contribution in [0.15, 0.2) is 64.5 Å². The zero-order chi connectivity index (χ0) is 19.8. The SMILES string of the molecule is CCCc1cccc(NC(=Nc2ccc(-c3cnco3)c(OC)c2)NC#N)c1. The number of anilines is 1. The number of methoxy groups -OCH3 is 1. The molecule has 1 aromatic heterocycles. The lowest BCUT2D eigenvalue weighted by atomic mass is 10.1. The molecule has 2 N–H and O–H groups in total. The standard InChI is InChI=1S/C21H21N5O2/c1-3-5-15-6-4-7-16(10-15)25-21(24-13-22)26-17-8-9-18(19(11-17)27-2)20-12-23-14-28-20/h4,6-12,14H,3,5H2,1-2H3,(H2,24,25,26). The van der Waals surface area contributed by atoms with Crippen LogP contribution >= 0.6 is 0 Å². The Morgan fingerprint density at radius 3 is 2.89 bits per heavy atom. The summed E-state index contributed by atoms with van der Waals surface area (Å²) in [5.41, 5.74) is 3.48. The van der Waals surface area contributed by atoms with E-state index in [9.17, 15) is 0 Å². The molecule has 1 heterocycles. The van der Waals surface area contributed by atoms with Crippen molar-refractivity contribution in [2.75, 3.05) is 12.4 Å². The van der Waals surface area contributed by atoms with Crippen LogP contribution in [0, 0.1) is 11.5 Å². The van der Waals surface area contributed by atoms with Crippen LogP contribution in [0.2, 0.25) is 0 Å². The molecule has 142 valence electrons. The highest BCUT2D eigenvalue weighted by Gasteiger charge is 2.10. The van der Waals surface area contributed by atoms with Gasteiger partial charge in [0, 0.05) is 11.8 Å². The summed E-state index contributed by atoms with van der Waals surface area (Å²) in [5.74, 6) is 1.53. The van der Waals surface area contributed by atoms with Crippen molar-refractivity contribution in [1.29, 1.82) is 5.26 Å². The van der Waals surface area contributed by atoms with Crippen LogP contribution < -0.4 is 15.4 Å². The molecule has 7 heteroatoms. The van der Waals surface area contributed by atoms with Crippen LogP contribution in [-0.2, 0) is 6.42 Å². The highest BCUT2D eigenvalue weighted by molar-refractivity contribution is 5.96. The van der Waals surface area contributed by atoms with Gasteiger partial charge in [-0.1, -0.05) is 25.5 Å². The normalized spacial score (nSPS) is 11.0. The second-order valence-electron chi connectivity index (χ2n) is 6.02. The molecule has 0 aliphatic heterocycles. The number of aryl methyl sites for hydroxylation is 1. The van der Waals surface area contributed by atoms with Crippen LogP contribution in [0.3, 0.4) is 0 Å². The Labute approximate surface area is 163 Å². The number of aliphatic imine (C=N–C) groups is 1. The van der Waals surface area contributed by atoms with Crippen molar-refractivity contribution < 1.29 is 9.15 Å². The first kappa shape index (κ1) is 19.0. The van der Waals surface area contributed by atoms with E-state index in [0.717, 1.165) is 24.1 Å². The summed E-state index contributed by atoms with van der Waals surface area (Å²) in [6.07, 6.45) is 6.96. The average Bonchev–Trinajstić information content (AvgIpc) is 3.23. The molecule has 0 atom stereocenters. The van der Waals surface area contributed by atoms with Gasteiger partial charge in [-0.15, -0.1) is 0 Å². The molecule has 0 unspecified atom stereocenters. The van der Waals surface area contributed by atoms with Gasteiger partial charge in [0.15, 0.2) is 18.3 Å². The number of hydrogen-bond acceptors (Lipinski definition) is 5. The number of ether oxygens (including phenoxy) is 1. The maximum Gasteiger partial charge on any atom is 0.214 e. The summed E-state index contributed by atoms with van der Waals surface area (Å²) in [6, 6.07) is 13.5. The second kappa shape index (κ2) is 9.24. The molecule has 0 aliphatic rings. The molecule has 3 aromatic rings. The lowest BCUT2D eigenvalue weighted by Crippen LogP contribution is -2.26. The van der Waals surface area contributed by atoms with Crippen molar-refractivity contribution >= 4 is 17.3 Å². The quantitative estimate of drug-likeness (QED) is 0.286. The van der Waals surface area contributed by atoms with Gasteiger partial charge in [-0.25, -0.2) is 9.98 Å². The minimum atomic E-state index is 0.325.